The summed E-state index contributed by atoms with van der Waals surface area (Å²) in [6.45, 7) is 3.63. The van der Waals surface area contributed by atoms with Gasteiger partial charge in [-0.3, -0.25) is 0 Å². The molecule has 0 N–H and O–H groups in total. The molecular weight excluding hydrogens is 342 g/mol. The maximum absolute atomic E-state index is 6.18. The van der Waals surface area contributed by atoms with E-state index in [4.69, 9.17) is 46.4 Å². The van der Waals surface area contributed by atoms with Crippen molar-refractivity contribution >= 4 is 62.3 Å². The number of allylic oxidation sites excluding steroid dienone is 3. The Morgan fingerprint density at radius 1 is 1.27 bits per heavy atom. The first kappa shape index (κ1) is 16.1. The standard InChI is InChI=1S/C10H13BrCl4/c1-9(14,7-12)4-3-8(13)10(2,15)5-6-11/h3-6,8H,7H2,1-2H3/b4-3+,6-5+/t8-,9-,10+/m0/s1. The van der Waals surface area contributed by atoms with Crippen molar-refractivity contribution in [1.29, 1.82) is 0 Å². The highest BCUT2D eigenvalue weighted by Gasteiger charge is 2.26. The lowest BCUT2D eigenvalue weighted by Crippen LogP contribution is -2.26. The maximum Gasteiger partial charge on any atom is 0.0804 e. The topological polar surface area (TPSA) is 0 Å². The number of alkyl halides is 4. The molecule has 0 aliphatic rings. The summed E-state index contributed by atoms with van der Waals surface area (Å²) in [5.74, 6) is 0.321. The average molecular weight is 355 g/mol. The molecule has 0 spiro atoms. The summed E-state index contributed by atoms with van der Waals surface area (Å²) in [6.07, 6.45) is 5.29. The van der Waals surface area contributed by atoms with Crippen LogP contribution in [-0.2, 0) is 0 Å². The summed E-state index contributed by atoms with van der Waals surface area (Å²) >= 11 is 27.2. The Kier molecular flexibility index (Phi) is 7.26. The summed E-state index contributed by atoms with van der Waals surface area (Å²) in [5.41, 5.74) is 0. The second-order valence-electron chi connectivity index (χ2n) is 3.62. The molecule has 0 aliphatic carbocycles. The highest BCUT2D eigenvalue weighted by atomic mass is 79.9. The first-order chi connectivity index (χ1) is 6.75. The van der Waals surface area contributed by atoms with Crippen molar-refractivity contribution in [2.45, 2.75) is 29.0 Å². The van der Waals surface area contributed by atoms with Crippen LogP contribution < -0.4 is 0 Å². The molecule has 0 aromatic carbocycles. The predicted molar refractivity (Wildman–Crippen MR) is 76.1 cm³/mol. The van der Waals surface area contributed by atoms with Crippen LogP contribution in [-0.4, -0.2) is 21.0 Å². The Balaban J connectivity index is 4.55. The first-order valence-corrected chi connectivity index (χ1v) is 6.94. The van der Waals surface area contributed by atoms with E-state index in [2.05, 4.69) is 15.9 Å². The molecule has 0 heterocycles. The minimum atomic E-state index is -0.652. The van der Waals surface area contributed by atoms with Crippen LogP contribution in [0, 0.1) is 0 Å². The van der Waals surface area contributed by atoms with E-state index in [0.29, 0.717) is 5.88 Å². The molecule has 0 rings (SSSR count). The molecule has 0 nitrogen and oxygen atoms in total. The van der Waals surface area contributed by atoms with Crippen LogP contribution in [0.15, 0.2) is 23.2 Å². The molecule has 5 heteroatoms. The van der Waals surface area contributed by atoms with Crippen molar-refractivity contribution in [3.63, 3.8) is 0 Å². The van der Waals surface area contributed by atoms with E-state index >= 15 is 0 Å². The Morgan fingerprint density at radius 2 is 1.80 bits per heavy atom. The summed E-state index contributed by atoms with van der Waals surface area (Å²) in [5, 5.41) is -0.353. The van der Waals surface area contributed by atoms with Crippen molar-refractivity contribution in [3.05, 3.63) is 23.2 Å². The van der Waals surface area contributed by atoms with Crippen LogP contribution in [0.5, 0.6) is 0 Å². The summed E-state index contributed by atoms with van der Waals surface area (Å²) < 4.78 is 0. The lowest BCUT2D eigenvalue weighted by Gasteiger charge is -2.22. The molecule has 0 radical (unpaired) electrons. The smallest absolute Gasteiger partial charge is 0.0804 e. The third kappa shape index (κ3) is 6.43. The highest BCUT2D eigenvalue weighted by molar-refractivity contribution is 9.11. The molecule has 0 aromatic heterocycles. The minimum absolute atomic E-state index is 0.321. The second-order valence-corrected chi connectivity index (χ2v) is 6.56. The molecule has 0 unspecified atom stereocenters. The van der Waals surface area contributed by atoms with Crippen LogP contribution in [0.3, 0.4) is 0 Å². The summed E-state index contributed by atoms with van der Waals surface area (Å²) in [7, 11) is 0. The molecule has 0 bridgehead atoms. The normalized spacial score (nSPS) is 22.9. The van der Waals surface area contributed by atoms with Gasteiger partial charge in [0.25, 0.3) is 0 Å². The van der Waals surface area contributed by atoms with Gasteiger partial charge in [0.15, 0.2) is 0 Å². The molecule has 0 aliphatic heterocycles. The number of hydrogen-bond acceptors (Lipinski definition) is 0. The van der Waals surface area contributed by atoms with Crippen molar-refractivity contribution in [2.24, 2.45) is 0 Å². The Morgan fingerprint density at radius 3 is 2.20 bits per heavy atom. The molecular formula is C10H13BrCl4. The van der Waals surface area contributed by atoms with Gasteiger partial charge in [-0.25, -0.2) is 0 Å². The average Bonchev–Trinajstić information content (AvgIpc) is 2.14. The van der Waals surface area contributed by atoms with Crippen LogP contribution >= 0.6 is 62.3 Å². The number of halogens is 5. The van der Waals surface area contributed by atoms with E-state index in [9.17, 15) is 0 Å². The fourth-order valence-electron chi connectivity index (χ4n) is 0.733. The van der Waals surface area contributed by atoms with Crippen LogP contribution in [0.1, 0.15) is 13.8 Å². The monoisotopic (exact) mass is 352 g/mol. The zero-order valence-corrected chi connectivity index (χ0v) is 13.1. The van der Waals surface area contributed by atoms with E-state index in [1.165, 1.54) is 0 Å². The Bertz CT molecular complexity index is 246. The van der Waals surface area contributed by atoms with Gasteiger partial charge in [-0.15, -0.1) is 46.4 Å². The predicted octanol–water partition coefficient (Wildman–Crippen LogP) is 5.29. The van der Waals surface area contributed by atoms with Crippen LogP contribution in [0.2, 0.25) is 0 Å². The molecule has 88 valence electrons. The van der Waals surface area contributed by atoms with E-state index in [-0.39, 0.29) is 5.38 Å². The molecule has 0 saturated carbocycles. The lowest BCUT2D eigenvalue weighted by atomic mass is 10.0. The molecule has 15 heavy (non-hydrogen) atoms. The fourth-order valence-corrected chi connectivity index (χ4v) is 1.88. The van der Waals surface area contributed by atoms with Gasteiger partial charge in [0.2, 0.25) is 0 Å². The van der Waals surface area contributed by atoms with Gasteiger partial charge in [0.05, 0.1) is 15.1 Å². The van der Waals surface area contributed by atoms with Gasteiger partial charge in [0, 0.05) is 5.88 Å². The van der Waals surface area contributed by atoms with Gasteiger partial charge in [0.1, 0.15) is 0 Å². The first-order valence-electron chi connectivity index (χ1n) is 4.30. The fraction of sp³-hybridized carbons (Fsp3) is 0.600. The molecule has 0 fully saturated rings. The largest absolute Gasteiger partial charge is 0.124 e. The van der Waals surface area contributed by atoms with Gasteiger partial charge in [-0.05, 0) is 18.8 Å². The SMILES string of the molecule is C[C@](Cl)(/C=C/[C@H](Cl)[C@](C)(Cl)/C=C/Br)CCl. The number of hydrogen-bond donors (Lipinski definition) is 0. The molecule has 3 atom stereocenters. The lowest BCUT2D eigenvalue weighted by molar-refractivity contribution is 0.789. The van der Waals surface area contributed by atoms with E-state index in [1.54, 1.807) is 23.2 Å². The minimum Gasteiger partial charge on any atom is -0.124 e. The van der Waals surface area contributed by atoms with Crippen LogP contribution in [0.4, 0.5) is 0 Å². The second kappa shape index (κ2) is 6.76. The van der Waals surface area contributed by atoms with Crippen molar-refractivity contribution in [1.82, 2.24) is 0 Å². The van der Waals surface area contributed by atoms with Gasteiger partial charge in [-0.2, -0.15) is 0 Å². The Hall–Kier alpha value is 1.12. The van der Waals surface area contributed by atoms with E-state index in [0.717, 1.165) is 0 Å². The molecule has 0 aromatic rings. The molecule has 0 amide bonds. The van der Waals surface area contributed by atoms with E-state index < -0.39 is 9.75 Å². The maximum atomic E-state index is 6.18. The summed E-state index contributed by atoms with van der Waals surface area (Å²) in [4.78, 5) is 0.450. The quantitative estimate of drug-likeness (QED) is 0.464. The zero-order valence-electron chi connectivity index (χ0n) is 8.48. The van der Waals surface area contributed by atoms with Crippen molar-refractivity contribution in [3.8, 4) is 0 Å². The third-order valence-corrected chi connectivity index (χ3v) is 4.09. The number of rotatable bonds is 5. The van der Waals surface area contributed by atoms with Crippen molar-refractivity contribution in [2.75, 3.05) is 5.88 Å². The van der Waals surface area contributed by atoms with Gasteiger partial charge < -0.3 is 0 Å². The van der Waals surface area contributed by atoms with E-state index in [1.807, 2.05) is 13.8 Å². The van der Waals surface area contributed by atoms with Crippen LogP contribution in [0.25, 0.3) is 0 Å². The Labute approximate surface area is 120 Å². The highest BCUT2D eigenvalue weighted by Crippen LogP contribution is 2.29. The zero-order chi connectivity index (χ0) is 12.1. The summed E-state index contributed by atoms with van der Waals surface area (Å²) in [6, 6.07) is 0. The third-order valence-electron chi connectivity index (χ3n) is 1.80. The molecule has 0 saturated heterocycles. The van der Waals surface area contributed by atoms with Crippen molar-refractivity contribution < 1.29 is 0 Å². The van der Waals surface area contributed by atoms with Gasteiger partial charge in [-0.1, -0.05) is 34.2 Å². The van der Waals surface area contributed by atoms with Gasteiger partial charge >= 0.3 is 0 Å².